The Kier molecular flexibility index (Phi) is 5.67. The highest BCUT2D eigenvalue weighted by Gasteiger charge is 2.01. The van der Waals surface area contributed by atoms with Crippen molar-refractivity contribution in [2.45, 2.75) is 6.54 Å². The van der Waals surface area contributed by atoms with Crippen LogP contribution in [0.3, 0.4) is 0 Å². The molecule has 1 heterocycles. The number of anilines is 1. The predicted molar refractivity (Wildman–Crippen MR) is 103 cm³/mol. The van der Waals surface area contributed by atoms with Gasteiger partial charge >= 0.3 is 0 Å². The summed E-state index contributed by atoms with van der Waals surface area (Å²) in [4.78, 5) is 8.60. The average molecular weight is 348 g/mol. The first kappa shape index (κ1) is 17.3. The minimum Gasteiger partial charge on any atom is -0.481 e. The fraction of sp³-hybridized carbons (Fsp3) is 0.100. The molecule has 6 nitrogen and oxygen atoms in total. The van der Waals surface area contributed by atoms with E-state index in [2.05, 4.69) is 15.3 Å². The molecule has 0 radical (unpaired) electrons. The van der Waals surface area contributed by atoms with Gasteiger partial charge in [-0.3, -0.25) is 0 Å². The van der Waals surface area contributed by atoms with Crippen molar-refractivity contribution in [2.24, 2.45) is 10.7 Å². The molecular formula is C20H20N4O2. The van der Waals surface area contributed by atoms with Crippen molar-refractivity contribution in [3.05, 3.63) is 78.5 Å². The third kappa shape index (κ3) is 4.98. The molecular weight excluding hydrogens is 328 g/mol. The first-order valence-corrected chi connectivity index (χ1v) is 8.13. The number of ether oxygens (including phenoxy) is 2. The minimum atomic E-state index is 0.298. The lowest BCUT2D eigenvalue weighted by Gasteiger charge is -2.09. The minimum absolute atomic E-state index is 0.298. The van der Waals surface area contributed by atoms with Gasteiger partial charge in [0, 0.05) is 17.8 Å². The maximum absolute atomic E-state index is 5.97. The van der Waals surface area contributed by atoms with E-state index in [0.717, 1.165) is 17.1 Å². The molecule has 0 saturated heterocycles. The van der Waals surface area contributed by atoms with E-state index in [4.69, 9.17) is 15.2 Å². The van der Waals surface area contributed by atoms with E-state index < -0.39 is 0 Å². The Morgan fingerprint density at radius 2 is 1.77 bits per heavy atom. The zero-order valence-corrected chi connectivity index (χ0v) is 14.4. The molecule has 0 fully saturated rings. The highest BCUT2D eigenvalue weighted by molar-refractivity contribution is 5.92. The SMILES string of the molecule is COc1cccc(CN=C(N)Nc2cccc(Oc3ccccc3)c2)n1. The van der Waals surface area contributed by atoms with Gasteiger partial charge in [0.1, 0.15) is 11.5 Å². The van der Waals surface area contributed by atoms with Crippen molar-refractivity contribution in [3.63, 3.8) is 0 Å². The summed E-state index contributed by atoms with van der Waals surface area (Å²) in [6.07, 6.45) is 0. The van der Waals surface area contributed by atoms with Crippen LogP contribution in [-0.2, 0) is 6.54 Å². The highest BCUT2D eigenvalue weighted by Crippen LogP contribution is 2.23. The number of para-hydroxylation sites is 1. The molecule has 3 rings (SSSR count). The van der Waals surface area contributed by atoms with Crippen LogP contribution in [0.1, 0.15) is 5.69 Å². The third-order valence-corrected chi connectivity index (χ3v) is 3.49. The smallest absolute Gasteiger partial charge is 0.213 e. The van der Waals surface area contributed by atoms with Gasteiger partial charge in [-0.2, -0.15) is 0 Å². The Morgan fingerprint density at radius 1 is 1.00 bits per heavy atom. The van der Waals surface area contributed by atoms with Crippen molar-refractivity contribution in [2.75, 3.05) is 12.4 Å². The van der Waals surface area contributed by atoms with E-state index in [1.54, 1.807) is 13.2 Å². The second-order valence-electron chi connectivity index (χ2n) is 5.44. The van der Waals surface area contributed by atoms with Crippen LogP contribution in [0.25, 0.3) is 0 Å². The molecule has 0 saturated carbocycles. The van der Waals surface area contributed by atoms with Crippen molar-refractivity contribution < 1.29 is 9.47 Å². The van der Waals surface area contributed by atoms with Gasteiger partial charge in [-0.1, -0.05) is 30.3 Å². The number of methoxy groups -OCH3 is 1. The van der Waals surface area contributed by atoms with E-state index in [1.165, 1.54) is 0 Å². The van der Waals surface area contributed by atoms with Crippen LogP contribution >= 0.6 is 0 Å². The second kappa shape index (κ2) is 8.53. The first-order valence-electron chi connectivity index (χ1n) is 8.13. The van der Waals surface area contributed by atoms with Gasteiger partial charge in [0.2, 0.25) is 5.88 Å². The number of benzene rings is 2. The molecule has 0 aliphatic carbocycles. The Balaban J connectivity index is 1.63. The zero-order valence-electron chi connectivity index (χ0n) is 14.4. The standard InChI is InChI=1S/C20H20N4O2/c1-25-19-12-6-8-16(23-19)14-22-20(21)24-15-7-5-11-18(13-15)26-17-9-3-2-4-10-17/h2-13H,14H2,1H3,(H3,21,22,24). The monoisotopic (exact) mass is 348 g/mol. The first-order chi connectivity index (χ1) is 12.7. The summed E-state index contributed by atoms with van der Waals surface area (Å²) in [5.41, 5.74) is 7.53. The normalized spacial score (nSPS) is 11.0. The van der Waals surface area contributed by atoms with Crippen molar-refractivity contribution >= 4 is 11.6 Å². The predicted octanol–water partition coefficient (Wildman–Crippen LogP) is 3.81. The van der Waals surface area contributed by atoms with Crippen LogP contribution in [0, 0.1) is 0 Å². The molecule has 0 spiro atoms. The molecule has 0 bridgehead atoms. The number of nitrogens with two attached hydrogens (primary N) is 1. The number of aliphatic imine (C=N–C) groups is 1. The Morgan fingerprint density at radius 3 is 2.58 bits per heavy atom. The van der Waals surface area contributed by atoms with E-state index in [0.29, 0.717) is 24.1 Å². The number of guanidine groups is 1. The van der Waals surface area contributed by atoms with Crippen molar-refractivity contribution in [1.82, 2.24) is 4.98 Å². The fourth-order valence-corrected chi connectivity index (χ4v) is 2.27. The Hall–Kier alpha value is -3.54. The van der Waals surface area contributed by atoms with Crippen molar-refractivity contribution in [3.8, 4) is 17.4 Å². The van der Waals surface area contributed by atoms with E-state index in [1.807, 2.05) is 66.7 Å². The largest absolute Gasteiger partial charge is 0.481 e. The molecule has 3 aromatic rings. The van der Waals surface area contributed by atoms with Crippen LogP contribution < -0.4 is 20.5 Å². The molecule has 26 heavy (non-hydrogen) atoms. The lowest BCUT2D eigenvalue weighted by molar-refractivity contribution is 0.396. The summed E-state index contributed by atoms with van der Waals surface area (Å²) in [5, 5.41) is 3.06. The summed E-state index contributed by atoms with van der Waals surface area (Å²) >= 11 is 0. The van der Waals surface area contributed by atoms with Crippen LogP contribution in [0.15, 0.2) is 77.8 Å². The molecule has 0 aliphatic heterocycles. The second-order valence-corrected chi connectivity index (χ2v) is 5.44. The summed E-state index contributed by atoms with van der Waals surface area (Å²) < 4.78 is 10.9. The summed E-state index contributed by atoms with van der Waals surface area (Å²) in [6, 6.07) is 22.6. The molecule has 6 heteroatoms. The topological polar surface area (TPSA) is 81.8 Å². The average Bonchev–Trinajstić information content (AvgIpc) is 2.68. The lowest BCUT2D eigenvalue weighted by Crippen LogP contribution is -2.22. The van der Waals surface area contributed by atoms with E-state index in [9.17, 15) is 0 Å². The van der Waals surface area contributed by atoms with Crippen molar-refractivity contribution in [1.29, 1.82) is 0 Å². The molecule has 3 N–H and O–H groups in total. The van der Waals surface area contributed by atoms with Gasteiger partial charge in [-0.05, 0) is 30.3 Å². The van der Waals surface area contributed by atoms with Crippen LogP contribution in [0.4, 0.5) is 5.69 Å². The van der Waals surface area contributed by atoms with Gasteiger partial charge in [0.15, 0.2) is 5.96 Å². The van der Waals surface area contributed by atoms with Crippen LogP contribution in [0.5, 0.6) is 17.4 Å². The molecule has 1 aromatic heterocycles. The lowest BCUT2D eigenvalue weighted by atomic mass is 10.3. The molecule has 2 aromatic carbocycles. The summed E-state index contributed by atoms with van der Waals surface area (Å²) in [6.45, 7) is 0.357. The molecule has 132 valence electrons. The fourth-order valence-electron chi connectivity index (χ4n) is 2.27. The summed E-state index contributed by atoms with van der Waals surface area (Å²) in [7, 11) is 1.58. The number of pyridine rings is 1. The van der Waals surface area contributed by atoms with Gasteiger partial charge in [0.05, 0.1) is 19.3 Å². The number of aromatic nitrogens is 1. The molecule has 0 atom stereocenters. The quantitative estimate of drug-likeness (QED) is 0.523. The highest BCUT2D eigenvalue weighted by atomic mass is 16.5. The number of hydrogen-bond donors (Lipinski definition) is 2. The Bertz CT molecular complexity index is 882. The Labute approximate surface area is 152 Å². The molecule has 0 amide bonds. The van der Waals surface area contributed by atoms with Crippen LogP contribution in [-0.4, -0.2) is 18.1 Å². The molecule has 0 aliphatic rings. The zero-order chi connectivity index (χ0) is 18.2. The van der Waals surface area contributed by atoms with E-state index in [-0.39, 0.29) is 0 Å². The maximum Gasteiger partial charge on any atom is 0.213 e. The summed E-state index contributed by atoms with van der Waals surface area (Å²) in [5.74, 6) is 2.33. The third-order valence-electron chi connectivity index (χ3n) is 3.49. The molecule has 0 unspecified atom stereocenters. The number of nitrogens with one attached hydrogen (secondary N) is 1. The van der Waals surface area contributed by atoms with Gasteiger partial charge in [0.25, 0.3) is 0 Å². The van der Waals surface area contributed by atoms with Gasteiger partial charge < -0.3 is 20.5 Å². The van der Waals surface area contributed by atoms with Crippen LogP contribution in [0.2, 0.25) is 0 Å². The number of rotatable bonds is 6. The number of nitrogens with zero attached hydrogens (tertiary/aromatic N) is 2. The van der Waals surface area contributed by atoms with E-state index >= 15 is 0 Å². The van der Waals surface area contributed by atoms with Gasteiger partial charge in [-0.15, -0.1) is 0 Å². The number of hydrogen-bond acceptors (Lipinski definition) is 4. The maximum atomic E-state index is 5.97. The van der Waals surface area contributed by atoms with Gasteiger partial charge in [-0.25, -0.2) is 9.98 Å².